The summed E-state index contributed by atoms with van der Waals surface area (Å²) >= 11 is 5.15. The van der Waals surface area contributed by atoms with E-state index in [1.807, 2.05) is 13.8 Å². The van der Waals surface area contributed by atoms with Gasteiger partial charge in [-0.1, -0.05) is 32.6 Å². The number of unbranched alkanes of at least 4 members (excludes halogenated alkanes) is 4. The van der Waals surface area contributed by atoms with E-state index >= 15 is 0 Å². The fraction of sp³-hybridized carbons (Fsp3) is 0.917. The molecule has 0 unspecified atom stereocenters. The normalized spacial score (nSPS) is 9.33. The molecule has 15 heavy (non-hydrogen) atoms. The van der Waals surface area contributed by atoms with E-state index in [0.29, 0.717) is 6.42 Å². The van der Waals surface area contributed by atoms with E-state index < -0.39 is 0 Å². The van der Waals surface area contributed by atoms with Crippen molar-refractivity contribution in [1.82, 2.24) is 0 Å². The predicted molar refractivity (Wildman–Crippen MR) is 66.4 cm³/mol. The van der Waals surface area contributed by atoms with Crippen molar-refractivity contribution in [3.05, 3.63) is 0 Å². The quantitative estimate of drug-likeness (QED) is 0.467. The number of carbonyl (C=O) groups excluding carboxylic acids is 1. The summed E-state index contributed by atoms with van der Waals surface area (Å²) in [6, 6.07) is 0. The average molecular weight is 237 g/mol. The molecular formula is C12H25ClO2. The van der Waals surface area contributed by atoms with Gasteiger partial charge < -0.3 is 4.74 Å². The highest BCUT2D eigenvalue weighted by molar-refractivity contribution is 6.63. The predicted octanol–water partition coefficient (Wildman–Crippen LogP) is 4.16. The molecule has 0 bridgehead atoms. The van der Waals surface area contributed by atoms with Crippen LogP contribution in [0.1, 0.15) is 59.3 Å². The summed E-state index contributed by atoms with van der Waals surface area (Å²) in [4.78, 5) is 10.2. The van der Waals surface area contributed by atoms with E-state index in [0.717, 1.165) is 26.1 Å². The van der Waals surface area contributed by atoms with Crippen LogP contribution < -0.4 is 0 Å². The van der Waals surface area contributed by atoms with Crippen molar-refractivity contribution < 1.29 is 9.53 Å². The molecule has 2 nitrogen and oxygen atoms in total. The second kappa shape index (κ2) is 16.4. The minimum Gasteiger partial charge on any atom is -0.382 e. The number of rotatable bonds is 8. The van der Waals surface area contributed by atoms with Crippen LogP contribution in [0.5, 0.6) is 0 Å². The van der Waals surface area contributed by atoms with Crippen molar-refractivity contribution in [3.63, 3.8) is 0 Å². The van der Waals surface area contributed by atoms with E-state index in [2.05, 4.69) is 6.92 Å². The Kier molecular flexibility index (Phi) is 18.9. The summed E-state index contributed by atoms with van der Waals surface area (Å²) in [5, 5.41) is -0.198. The SMILES string of the molecule is CCCCCCCC(=O)Cl.CCOCC. The Labute approximate surface area is 99.3 Å². The lowest BCUT2D eigenvalue weighted by Gasteiger charge is -1.95. The van der Waals surface area contributed by atoms with Gasteiger partial charge in [-0.15, -0.1) is 0 Å². The molecule has 0 spiro atoms. The van der Waals surface area contributed by atoms with E-state index in [-0.39, 0.29) is 5.24 Å². The number of halogens is 1. The van der Waals surface area contributed by atoms with Gasteiger partial charge in [0.2, 0.25) is 5.24 Å². The van der Waals surface area contributed by atoms with Crippen LogP contribution in [0.25, 0.3) is 0 Å². The largest absolute Gasteiger partial charge is 0.382 e. The van der Waals surface area contributed by atoms with E-state index in [1.165, 1.54) is 19.3 Å². The third-order valence-electron chi connectivity index (χ3n) is 1.89. The Hall–Kier alpha value is -0.0800. The van der Waals surface area contributed by atoms with Crippen molar-refractivity contribution in [3.8, 4) is 0 Å². The molecule has 0 atom stereocenters. The zero-order valence-electron chi connectivity index (χ0n) is 10.4. The minimum absolute atomic E-state index is 0.198. The van der Waals surface area contributed by atoms with Gasteiger partial charge in [0.25, 0.3) is 0 Å². The first-order valence-corrected chi connectivity index (χ1v) is 6.32. The van der Waals surface area contributed by atoms with Gasteiger partial charge in [0, 0.05) is 19.6 Å². The van der Waals surface area contributed by atoms with Gasteiger partial charge in [0.1, 0.15) is 0 Å². The van der Waals surface area contributed by atoms with Gasteiger partial charge in [-0.25, -0.2) is 0 Å². The van der Waals surface area contributed by atoms with Crippen LogP contribution in [0.2, 0.25) is 0 Å². The Morgan fingerprint density at radius 3 is 1.87 bits per heavy atom. The summed E-state index contributed by atoms with van der Waals surface area (Å²) in [5.74, 6) is 0. The molecule has 92 valence electrons. The average Bonchev–Trinajstić information content (AvgIpc) is 2.19. The van der Waals surface area contributed by atoms with Crippen molar-refractivity contribution >= 4 is 16.8 Å². The number of hydrogen-bond donors (Lipinski definition) is 0. The van der Waals surface area contributed by atoms with Crippen LogP contribution >= 0.6 is 11.6 Å². The molecule has 0 rings (SSSR count). The lowest BCUT2D eigenvalue weighted by molar-refractivity contribution is -0.111. The molecular weight excluding hydrogens is 212 g/mol. The molecule has 0 saturated heterocycles. The summed E-state index contributed by atoms with van der Waals surface area (Å²) < 4.78 is 4.83. The van der Waals surface area contributed by atoms with Crippen molar-refractivity contribution in [2.24, 2.45) is 0 Å². The van der Waals surface area contributed by atoms with Gasteiger partial charge in [0.15, 0.2) is 0 Å². The zero-order chi connectivity index (χ0) is 11.9. The second-order valence-corrected chi connectivity index (χ2v) is 3.72. The molecule has 0 aliphatic heterocycles. The summed E-state index contributed by atoms with van der Waals surface area (Å²) in [7, 11) is 0. The second-order valence-electron chi connectivity index (χ2n) is 3.30. The Morgan fingerprint density at radius 1 is 1.00 bits per heavy atom. The monoisotopic (exact) mass is 236 g/mol. The highest BCUT2D eigenvalue weighted by Crippen LogP contribution is 2.05. The molecule has 3 heteroatoms. The molecule has 0 aromatic heterocycles. The maximum Gasteiger partial charge on any atom is 0.221 e. The van der Waals surface area contributed by atoms with Gasteiger partial charge in [-0.05, 0) is 31.9 Å². The molecule has 0 aliphatic rings. The molecule has 0 fully saturated rings. The van der Waals surface area contributed by atoms with Crippen LogP contribution in [-0.2, 0) is 9.53 Å². The Morgan fingerprint density at radius 2 is 1.53 bits per heavy atom. The molecule has 0 aliphatic carbocycles. The molecule has 0 amide bonds. The molecule has 0 heterocycles. The van der Waals surface area contributed by atoms with Gasteiger partial charge in [-0.2, -0.15) is 0 Å². The van der Waals surface area contributed by atoms with Crippen molar-refractivity contribution in [2.75, 3.05) is 13.2 Å². The number of ether oxygens (including phenoxy) is 1. The van der Waals surface area contributed by atoms with Crippen LogP contribution in [-0.4, -0.2) is 18.5 Å². The third kappa shape index (κ3) is 24.9. The van der Waals surface area contributed by atoms with Crippen LogP contribution in [0.15, 0.2) is 0 Å². The molecule has 0 radical (unpaired) electrons. The summed E-state index contributed by atoms with van der Waals surface area (Å²) in [6.07, 6.45) is 6.41. The molecule has 0 aromatic carbocycles. The van der Waals surface area contributed by atoms with E-state index in [1.54, 1.807) is 0 Å². The lowest BCUT2D eigenvalue weighted by Crippen LogP contribution is -1.85. The maximum absolute atomic E-state index is 10.2. The zero-order valence-corrected chi connectivity index (χ0v) is 11.1. The smallest absolute Gasteiger partial charge is 0.221 e. The van der Waals surface area contributed by atoms with E-state index in [9.17, 15) is 4.79 Å². The highest BCUT2D eigenvalue weighted by atomic mass is 35.5. The summed E-state index contributed by atoms with van der Waals surface area (Å²) in [6.45, 7) is 7.84. The third-order valence-corrected chi connectivity index (χ3v) is 2.07. The van der Waals surface area contributed by atoms with Crippen molar-refractivity contribution in [1.29, 1.82) is 0 Å². The number of hydrogen-bond acceptors (Lipinski definition) is 2. The summed E-state index contributed by atoms with van der Waals surface area (Å²) in [5.41, 5.74) is 0. The van der Waals surface area contributed by atoms with Crippen LogP contribution in [0.3, 0.4) is 0 Å². The topological polar surface area (TPSA) is 26.3 Å². The molecule has 0 N–H and O–H groups in total. The fourth-order valence-electron chi connectivity index (χ4n) is 1.07. The Bertz CT molecular complexity index is 125. The first kappa shape index (κ1) is 17.3. The van der Waals surface area contributed by atoms with Crippen LogP contribution in [0, 0.1) is 0 Å². The fourth-order valence-corrected chi connectivity index (χ4v) is 1.21. The van der Waals surface area contributed by atoms with Crippen molar-refractivity contribution in [2.45, 2.75) is 59.3 Å². The first-order chi connectivity index (χ1) is 7.18. The lowest BCUT2D eigenvalue weighted by atomic mass is 10.1. The highest BCUT2D eigenvalue weighted by Gasteiger charge is 1.94. The maximum atomic E-state index is 10.2. The minimum atomic E-state index is -0.198. The number of carbonyl (C=O) groups is 1. The van der Waals surface area contributed by atoms with E-state index in [4.69, 9.17) is 16.3 Å². The molecule has 0 aromatic rings. The molecule has 0 saturated carbocycles. The van der Waals surface area contributed by atoms with Gasteiger partial charge in [0.05, 0.1) is 0 Å². The van der Waals surface area contributed by atoms with Gasteiger partial charge >= 0.3 is 0 Å². The van der Waals surface area contributed by atoms with Crippen LogP contribution in [0.4, 0.5) is 0 Å². The Balaban J connectivity index is 0. The first-order valence-electron chi connectivity index (χ1n) is 5.95. The standard InChI is InChI=1S/C8H15ClO.C4H10O/c1-2-3-4-5-6-7-8(9)10;1-3-5-4-2/h2-7H2,1H3;3-4H2,1-2H3. The van der Waals surface area contributed by atoms with Gasteiger partial charge in [-0.3, -0.25) is 4.79 Å².